The fraction of sp³-hybridized carbons (Fsp3) is 0.857. The van der Waals surface area contributed by atoms with Gasteiger partial charge in [0.1, 0.15) is 0 Å². The molecule has 0 aliphatic rings. The average Bonchev–Trinajstić information content (AvgIpc) is 2.26. The van der Waals surface area contributed by atoms with Crippen LogP contribution in [0.5, 0.6) is 0 Å². The van der Waals surface area contributed by atoms with Gasteiger partial charge in [-0.2, -0.15) is 0 Å². The molecule has 0 aromatic rings. The van der Waals surface area contributed by atoms with Crippen molar-refractivity contribution in [1.82, 2.24) is 0 Å². The van der Waals surface area contributed by atoms with Gasteiger partial charge in [-0.1, -0.05) is 44.6 Å². The predicted octanol–water partition coefficient (Wildman–Crippen LogP) is 4.72. The highest BCUT2D eigenvalue weighted by atomic mass is 16.5. The quantitative estimate of drug-likeness (QED) is 0.356. The van der Waals surface area contributed by atoms with Gasteiger partial charge >= 0.3 is 0 Å². The van der Waals surface area contributed by atoms with Crippen LogP contribution in [0.4, 0.5) is 0 Å². The summed E-state index contributed by atoms with van der Waals surface area (Å²) in [6.45, 7) is 5.88. The monoisotopic (exact) mass is 212 g/mol. The minimum Gasteiger partial charge on any atom is -0.382 e. The van der Waals surface area contributed by atoms with Crippen molar-refractivity contribution < 1.29 is 4.74 Å². The standard InChI is InChI=1S/C14H28O/c1-4-5-6-7-8-9-10-11-12-13-14(2)15-3/h4,14H,1,5-13H2,2-3H3. The van der Waals surface area contributed by atoms with E-state index in [2.05, 4.69) is 13.5 Å². The second kappa shape index (κ2) is 11.8. The zero-order valence-corrected chi connectivity index (χ0v) is 10.6. The van der Waals surface area contributed by atoms with Crippen molar-refractivity contribution in [3.8, 4) is 0 Å². The molecule has 0 aromatic carbocycles. The Bertz CT molecular complexity index is 131. The van der Waals surface area contributed by atoms with Crippen LogP contribution >= 0.6 is 0 Å². The van der Waals surface area contributed by atoms with E-state index in [1.54, 1.807) is 7.11 Å². The first-order valence-corrected chi connectivity index (χ1v) is 6.45. The number of unbranched alkanes of at least 4 members (excludes halogenated alkanes) is 7. The second-order valence-corrected chi connectivity index (χ2v) is 4.39. The fourth-order valence-electron chi connectivity index (χ4n) is 1.72. The molecule has 1 nitrogen and oxygen atoms in total. The van der Waals surface area contributed by atoms with E-state index in [9.17, 15) is 0 Å². The predicted molar refractivity (Wildman–Crippen MR) is 68.2 cm³/mol. The van der Waals surface area contributed by atoms with E-state index in [-0.39, 0.29) is 0 Å². The Morgan fingerprint density at radius 1 is 1.00 bits per heavy atom. The fourth-order valence-corrected chi connectivity index (χ4v) is 1.72. The summed E-state index contributed by atoms with van der Waals surface area (Å²) >= 11 is 0. The van der Waals surface area contributed by atoms with Crippen LogP contribution in [0.1, 0.15) is 64.7 Å². The first kappa shape index (κ1) is 14.7. The summed E-state index contributed by atoms with van der Waals surface area (Å²) in [5.41, 5.74) is 0. The van der Waals surface area contributed by atoms with Crippen molar-refractivity contribution in [2.45, 2.75) is 70.8 Å². The van der Waals surface area contributed by atoms with Crippen LogP contribution in [0, 0.1) is 0 Å². The summed E-state index contributed by atoms with van der Waals surface area (Å²) in [4.78, 5) is 0. The van der Waals surface area contributed by atoms with Gasteiger partial charge in [0.05, 0.1) is 6.10 Å². The Kier molecular flexibility index (Phi) is 11.5. The van der Waals surface area contributed by atoms with Crippen LogP contribution < -0.4 is 0 Å². The van der Waals surface area contributed by atoms with Crippen LogP contribution in [0.15, 0.2) is 12.7 Å². The van der Waals surface area contributed by atoms with Crippen LogP contribution in [0.2, 0.25) is 0 Å². The summed E-state index contributed by atoms with van der Waals surface area (Å²) in [5, 5.41) is 0. The molecule has 90 valence electrons. The molecule has 0 N–H and O–H groups in total. The molecule has 0 rings (SSSR count). The van der Waals surface area contributed by atoms with Gasteiger partial charge in [0, 0.05) is 7.11 Å². The maximum absolute atomic E-state index is 5.21. The molecule has 0 heterocycles. The second-order valence-electron chi connectivity index (χ2n) is 4.39. The maximum atomic E-state index is 5.21. The van der Waals surface area contributed by atoms with Gasteiger partial charge in [-0.15, -0.1) is 6.58 Å². The molecule has 0 fully saturated rings. The van der Waals surface area contributed by atoms with Crippen LogP contribution in [-0.2, 0) is 4.74 Å². The molecule has 1 unspecified atom stereocenters. The van der Waals surface area contributed by atoms with E-state index in [1.165, 1.54) is 57.8 Å². The van der Waals surface area contributed by atoms with Gasteiger partial charge < -0.3 is 4.74 Å². The van der Waals surface area contributed by atoms with E-state index < -0.39 is 0 Å². The SMILES string of the molecule is C=CCCCCCCCCCC(C)OC. The molecule has 0 aliphatic carbocycles. The van der Waals surface area contributed by atoms with Gasteiger partial charge in [0.15, 0.2) is 0 Å². The molecule has 0 saturated heterocycles. The number of methoxy groups -OCH3 is 1. The first-order valence-electron chi connectivity index (χ1n) is 6.45. The first-order chi connectivity index (χ1) is 7.31. The molecular formula is C14H28O. The lowest BCUT2D eigenvalue weighted by atomic mass is 10.1. The van der Waals surface area contributed by atoms with Crippen LogP contribution in [-0.4, -0.2) is 13.2 Å². The molecule has 15 heavy (non-hydrogen) atoms. The van der Waals surface area contributed by atoms with Crippen molar-refractivity contribution in [1.29, 1.82) is 0 Å². The maximum Gasteiger partial charge on any atom is 0.0543 e. The normalized spacial score (nSPS) is 12.7. The van der Waals surface area contributed by atoms with Crippen molar-refractivity contribution in [3.63, 3.8) is 0 Å². The molecule has 0 saturated carbocycles. The van der Waals surface area contributed by atoms with E-state index in [0.29, 0.717) is 6.10 Å². The zero-order valence-electron chi connectivity index (χ0n) is 10.6. The molecule has 0 radical (unpaired) electrons. The Morgan fingerprint density at radius 2 is 1.53 bits per heavy atom. The minimum absolute atomic E-state index is 0.442. The number of ether oxygens (including phenoxy) is 1. The van der Waals surface area contributed by atoms with Crippen LogP contribution in [0.3, 0.4) is 0 Å². The summed E-state index contributed by atoms with van der Waals surface area (Å²) < 4.78 is 5.21. The Hall–Kier alpha value is -0.300. The summed E-state index contributed by atoms with van der Waals surface area (Å²) in [7, 11) is 1.80. The van der Waals surface area contributed by atoms with Crippen molar-refractivity contribution in [2.75, 3.05) is 7.11 Å². The minimum atomic E-state index is 0.442. The molecule has 1 atom stereocenters. The van der Waals surface area contributed by atoms with Crippen LogP contribution in [0.25, 0.3) is 0 Å². The van der Waals surface area contributed by atoms with Gasteiger partial charge in [0.2, 0.25) is 0 Å². The highest BCUT2D eigenvalue weighted by molar-refractivity contribution is 4.65. The zero-order chi connectivity index (χ0) is 11.4. The van der Waals surface area contributed by atoms with Crippen molar-refractivity contribution in [3.05, 3.63) is 12.7 Å². The van der Waals surface area contributed by atoms with E-state index in [0.717, 1.165) is 0 Å². The summed E-state index contributed by atoms with van der Waals surface area (Å²) in [5.74, 6) is 0. The molecule has 0 bridgehead atoms. The van der Waals surface area contributed by atoms with Gasteiger partial charge in [-0.05, 0) is 26.2 Å². The molecule has 0 spiro atoms. The number of rotatable bonds is 11. The lowest BCUT2D eigenvalue weighted by Crippen LogP contribution is -2.03. The Labute approximate surface area is 95.9 Å². The molecule has 0 amide bonds. The molecule has 0 aliphatic heterocycles. The number of hydrogen-bond donors (Lipinski definition) is 0. The molecule has 1 heteroatoms. The average molecular weight is 212 g/mol. The molecular weight excluding hydrogens is 184 g/mol. The lowest BCUT2D eigenvalue weighted by Gasteiger charge is -2.08. The third kappa shape index (κ3) is 11.6. The largest absolute Gasteiger partial charge is 0.382 e. The van der Waals surface area contributed by atoms with Crippen molar-refractivity contribution >= 4 is 0 Å². The van der Waals surface area contributed by atoms with Gasteiger partial charge in [0.25, 0.3) is 0 Å². The number of hydrogen-bond acceptors (Lipinski definition) is 1. The Morgan fingerprint density at radius 3 is 2.07 bits per heavy atom. The highest BCUT2D eigenvalue weighted by Crippen LogP contribution is 2.11. The summed E-state index contributed by atoms with van der Waals surface area (Å²) in [6.07, 6.45) is 14.4. The van der Waals surface area contributed by atoms with E-state index in [1.807, 2.05) is 6.08 Å². The van der Waals surface area contributed by atoms with Gasteiger partial charge in [-0.25, -0.2) is 0 Å². The highest BCUT2D eigenvalue weighted by Gasteiger charge is 1.98. The smallest absolute Gasteiger partial charge is 0.0543 e. The van der Waals surface area contributed by atoms with Crippen molar-refractivity contribution in [2.24, 2.45) is 0 Å². The Balaban J connectivity index is 2.95. The van der Waals surface area contributed by atoms with E-state index >= 15 is 0 Å². The third-order valence-electron chi connectivity index (χ3n) is 2.92. The van der Waals surface area contributed by atoms with E-state index in [4.69, 9.17) is 4.74 Å². The molecule has 0 aromatic heterocycles. The lowest BCUT2D eigenvalue weighted by molar-refractivity contribution is 0.108. The van der Waals surface area contributed by atoms with Gasteiger partial charge in [-0.3, -0.25) is 0 Å². The summed E-state index contributed by atoms with van der Waals surface area (Å²) in [6, 6.07) is 0. The third-order valence-corrected chi connectivity index (χ3v) is 2.92. The topological polar surface area (TPSA) is 9.23 Å². The number of allylic oxidation sites excluding steroid dienone is 1.